The van der Waals surface area contributed by atoms with E-state index in [0.717, 1.165) is 6.07 Å². The summed E-state index contributed by atoms with van der Waals surface area (Å²) in [4.78, 5) is 12.5. The number of hydrogen-bond acceptors (Lipinski definition) is 4. The molecule has 2 heterocycles. The molecular weight excluding hydrogens is 424 g/mol. The van der Waals surface area contributed by atoms with E-state index >= 15 is 0 Å². The van der Waals surface area contributed by atoms with Gasteiger partial charge in [0.05, 0.1) is 11.1 Å². The minimum absolute atomic E-state index is 0.123. The van der Waals surface area contributed by atoms with Crippen molar-refractivity contribution < 1.29 is 8.78 Å². The second-order valence-corrected chi connectivity index (χ2v) is 6.76. The molecule has 3 N–H and O–H groups in total. The normalized spacial score (nSPS) is 10.2. The predicted molar refractivity (Wildman–Crippen MR) is 133 cm³/mol. The van der Waals surface area contributed by atoms with Crippen LogP contribution in [-0.2, 0) is 13.6 Å². The lowest BCUT2D eigenvalue weighted by atomic mass is 10.0. The third-order valence-corrected chi connectivity index (χ3v) is 4.75. The van der Waals surface area contributed by atoms with Gasteiger partial charge in [-0.3, -0.25) is 9.48 Å². The molecule has 2 aromatic heterocycles. The van der Waals surface area contributed by atoms with Crippen molar-refractivity contribution in [3.8, 4) is 11.1 Å². The van der Waals surface area contributed by atoms with Crippen molar-refractivity contribution in [2.75, 3.05) is 11.1 Å². The summed E-state index contributed by atoms with van der Waals surface area (Å²) >= 11 is 0. The minimum Gasteiger partial charge on any atom is -0.399 e. The highest BCUT2D eigenvalue weighted by Gasteiger charge is 2.17. The first-order chi connectivity index (χ1) is 15.9. The highest BCUT2D eigenvalue weighted by molar-refractivity contribution is 5.97. The third kappa shape index (κ3) is 5.39. The number of pyridine rings is 1. The van der Waals surface area contributed by atoms with Crippen LogP contribution in [0, 0.1) is 11.6 Å². The van der Waals surface area contributed by atoms with E-state index in [4.69, 9.17) is 5.73 Å². The van der Waals surface area contributed by atoms with Gasteiger partial charge in [0.15, 0.2) is 0 Å². The molecule has 0 aliphatic heterocycles. The quantitative estimate of drug-likeness (QED) is 0.366. The fraction of sp³-hybridized carbons (Fsp3) is 0.280. The van der Waals surface area contributed by atoms with Crippen molar-refractivity contribution in [1.82, 2.24) is 14.3 Å². The Labute approximate surface area is 192 Å². The molecule has 8 heteroatoms. The zero-order chi connectivity index (χ0) is 24.7. The number of nitrogen functional groups attached to an aromatic ring is 1. The zero-order valence-electron chi connectivity index (χ0n) is 19.9. The number of fused-ring (bicyclic) bond motifs is 1. The molecule has 0 saturated carbocycles. The Hall–Kier alpha value is -3.68. The van der Waals surface area contributed by atoms with Crippen molar-refractivity contribution in [1.29, 1.82) is 0 Å². The fourth-order valence-corrected chi connectivity index (χ4v) is 3.27. The lowest BCUT2D eigenvalue weighted by Gasteiger charge is -2.15. The number of nitrogens with two attached hydrogens (primary N) is 1. The van der Waals surface area contributed by atoms with Gasteiger partial charge in [0.1, 0.15) is 17.2 Å². The van der Waals surface area contributed by atoms with Crippen molar-refractivity contribution in [3.05, 3.63) is 70.8 Å². The lowest BCUT2D eigenvalue weighted by molar-refractivity contribution is 0.586. The van der Waals surface area contributed by atoms with Crippen LogP contribution in [0.3, 0.4) is 0 Å². The first-order valence-electron chi connectivity index (χ1n) is 11.1. The van der Waals surface area contributed by atoms with Crippen LogP contribution in [0.4, 0.5) is 25.8 Å². The molecule has 6 nitrogen and oxygen atoms in total. The number of hydrogen-bond donors (Lipinski definition) is 2. The highest BCUT2D eigenvalue weighted by Crippen LogP contribution is 2.35. The number of benzene rings is 2. The summed E-state index contributed by atoms with van der Waals surface area (Å²) in [5.41, 5.74) is 8.87. The maximum absolute atomic E-state index is 14.2. The second-order valence-electron chi connectivity index (χ2n) is 6.76. The number of halogens is 2. The highest BCUT2D eigenvalue weighted by atomic mass is 19.1. The Morgan fingerprint density at radius 1 is 0.970 bits per heavy atom. The van der Waals surface area contributed by atoms with Crippen molar-refractivity contribution in [2.45, 2.75) is 41.2 Å². The number of aromatic nitrogens is 3. The molecule has 0 spiro atoms. The van der Waals surface area contributed by atoms with Crippen LogP contribution in [0.1, 0.15) is 34.6 Å². The van der Waals surface area contributed by atoms with Gasteiger partial charge in [-0.15, -0.1) is 0 Å². The van der Waals surface area contributed by atoms with Gasteiger partial charge in [0.25, 0.3) is 5.56 Å². The van der Waals surface area contributed by atoms with E-state index in [2.05, 4.69) is 10.4 Å². The minimum atomic E-state index is -0.714. The molecule has 0 fully saturated rings. The first-order valence-corrected chi connectivity index (χ1v) is 11.1. The Balaban J connectivity index is 0.000000914. The zero-order valence-corrected chi connectivity index (χ0v) is 19.9. The number of rotatable bonds is 4. The molecule has 4 aromatic rings. The average Bonchev–Trinajstić information content (AvgIpc) is 3.27. The molecule has 0 amide bonds. The van der Waals surface area contributed by atoms with Crippen LogP contribution < -0.4 is 16.6 Å². The molecule has 0 atom stereocenters. The Morgan fingerprint density at radius 2 is 1.64 bits per heavy atom. The van der Waals surface area contributed by atoms with Gasteiger partial charge in [-0.05, 0) is 37.3 Å². The van der Waals surface area contributed by atoms with Gasteiger partial charge in [0, 0.05) is 54.6 Å². The van der Waals surface area contributed by atoms with Crippen LogP contribution in [0.2, 0.25) is 0 Å². The van der Waals surface area contributed by atoms with Gasteiger partial charge >= 0.3 is 0 Å². The fourth-order valence-electron chi connectivity index (χ4n) is 3.27. The molecular formula is C25H31F2N5O. The maximum Gasteiger partial charge on any atom is 0.261 e. The summed E-state index contributed by atoms with van der Waals surface area (Å²) in [7, 11) is 1.66. The molecule has 0 radical (unpaired) electrons. The van der Waals surface area contributed by atoms with E-state index in [1.54, 1.807) is 42.3 Å². The van der Waals surface area contributed by atoms with E-state index < -0.39 is 11.6 Å². The van der Waals surface area contributed by atoms with E-state index in [1.807, 2.05) is 34.6 Å². The molecule has 2 aromatic carbocycles. The van der Waals surface area contributed by atoms with Crippen LogP contribution >= 0.6 is 0 Å². The molecule has 176 valence electrons. The van der Waals surface area contributed by atoms with Crippen molar-refractivity contribution in [2.24, 2.45) is 7.05 Å². The number of anilines is 3. The van der Waals surface area contributed by atoms with Gasteiger partial charge in [0.2, 0.25) is 0 Å². The van der Waals surface area contributed by atoms with E-state index in [9.17, 15) is 13.6 Å². The number of nitrogens with one attached hydrogen (secondary N) is 1. The smallest absolute Gasteiger partial charge is 0.261 e. The topological polar surface area (TPSA) is 77.9 Å². The van der Waals surface area contributed by atoms with Crippen LogP contribution in [-0.4, -0.2) is 14.3 Å². The molecule has 0 aliphatic carbocycles. The molecule has 0 aliphatic rings. The average molecular weight is 456 g/mol. The molecule has 33 heavy (non-hydrogen) atoms. The van der Waals surface area contributed by atoms with Crippen molar-refractivity contribution >= 4 is 28.0 Å². The lowest BCUT2D eigenvalue weighted by Crippen LogP contribution is -2.16. The standard InChI is InChI=1S/C21H19F2N5O.2C2H6/c1-3-28-11-16-20(26-28)15(10-27(2)21(16)29)14-9-13(24)5-7-18(14)25-19-6-4-12(22)8-17(19)23;2*1-2/h4-11,25H,3,24H2,1-2H3;2*1-2H3. The molecule has 4 rings (SSSR count). The predicted octanol–water partition coefficient (Wildman–Crippen LogP) is 6.08. The van der Waals surface area contributed by atoms with Crippen LogP contribution in [0.15, 0.2) is 53.6 Å². The molecule has 0 saturated heterocycles. The monoisotopic (exact) mass is 455 g/mol. The van der Waals surface area contributed by atoms with E-state index in [0.29, 0.717) is 39.9 Å². The van der Waals surface area contributed by atoms with Crippen molar-refractivity contribution in [3.63, 3.8) is 0 Å². The Kier molecular flexibility index (Phi) is 8.73. The summed E-state index contributed by atoms with van der Waals surface area (Å²) < 4.78 is 30.6. The number of nitrogens with zero attached hydrogens (tertiary/aromatic N) is 3. The van der Waals surface area contributed by atoms with Gasteiger partial charge in [-0.2, -0.15) is 5.10 Å². The summed E-state index contributed by atoms with van der Waals surface area (Å²) in [6.45, 7) is 10.5. The maximum atomic E-state index is 14.2. The van der Waals surface area contributed by atoms with E-state index in [1.165, 1.54) is 16.7 Å². The Morgan fingerprint density at radius 3 is 2.27 bits per heavy atom. The summed E-state index contributed by atoms with van der Waals surface area (Å²) in [5.74, 6) is -1.37. The Bertz CT molecular complexity index is 1290. The number of aryl methyl sites for hydroxylation is 2. The van der Waals surface area contributed by atoms with Gasteiger partial charge in [-0.1, -0.05) is 27.7 Å². The van der Waals surface area contributed by atoms with Crippen LogP contribution in [0.25, 0.3) is 22.0 Å². The third-order valence-electron chi connectivity index (χ3n) is 4.75. The van der Waals surface area contributed by atoms with Gasteiger partial charge in [-0.25, -0.2) is 8.78 Å². The summed E-state index contributed by atoms with van der Waals surface area (Å²) in [6, 6.07) is 8.43. The first kappa shape index (κ1) is 25.6. The van der Waals surface area contributed by atoms with E-state index in [-0.39, 0.29) is 11.2 Å². The largest absolute Gasteiger partial charge is 0.399 e. The van der Waals surface area contributed by atoms with Crippen LogP contribution in [0.5, 0.6) is 0 Å². The summed E-state index contributed by atoms with van der Waals surface area (Å²) in [5, 5.41) is 8.00. The second kappa shape index (κ2) is 11.3. The SMILES string of the molecule is CC.CC.CCn1cc2c(=O)n(C)cc(-c3cc(N)ccc3Nc3ccc(F)cc3F)c2n1. The van der Waals surface area contributed by atoms with Gasteiger partial charge < -0.3 is 15.6 Å². The summed E-state index contributed by atoms with van der Waals surface area (Å²) in [6.07, 6.45) is 3.39. The molecule has 0 unspecified atom stereocenters. The molecule has 0 bridgehead atoms.